The summed E-state index contributed by atoms with van der Waals surface area (Å²) in [6.45, 7) is 0. The summed E-state index contributed by atoms with van der Waals surface area (Å²) in [5.41, 5.74) is 1.20. The minimum Gasteiger partial charge on any atom is -0.325 e. The van der Waals surface area contributed by atoms with Crippen LogP contribution in [0.25, 0.3) is 0 Å². The highest BCUT2D eigenvalue weighted by Gasteiger charge is 2.05. The van der Waals surface area contributed by atoms with Crippen molar-refractivity contribution >= 4 is 37.5 Å². The highest BCUT2D eigenvalue weighted by Crippen LogP contribution is 2.11. The Morgan fingerprint density at radius 3 is 2.31 bits per heavy atom. The van der Waals surface area contributed by atoms with Crippen LogP contribution in [0.15, 0.2) is 24.3 Å². The molecule has 0 fully saturated rings. The fourth-order valence-corrected chi connectivity index (χ4v) is 1.91. The molecule has 0 unspecified atom stereocenters. The Morgan fingerprint density at radius 2 is 1.88 bits per heavy atom. The number of amides is 1. The van der Waals surface area contributed by atoms with Crippen molar-refractivity contribution in [2.75, 3.05) is 10.6 Å². The second kappa shape index (κ2) is 5.42. The molecule has 0 aliphatic carbocycles. The van der Waals surface area contributed by atoms with Crippen molar-refractivity contribution in [3.63, 3.8) is 0 Å². The van der Waals surface area contributed by atoms with Crippen molar-refractivity contribution in [2.24, 2.45) is 5.14 Å². The molecule has 16 heavy (non-hydrogen) atoms. The molecule has 0 aliphatic rings. The van der Waals surface area contributed by atoms with E-state index in [0.29, 0.717) is 11.3 Å². The number of carbonyl (C=O) groups excluding carboxylic acids is 1. The highest BCUT2D eigenvalue weighted by molar-refractivity contribution is 9.09. The van der Waals surface area contributed by atoms with Crippen LogP contribution >= 0.6 is 15.9 Å². The van der Waals surface area contributed by atoms with Gasteiger partial charge in [0, 0.05) is 5.69 Å². The first-order valence-corrected chi connectivity index (χ1v) is 7.19. The van der Waals surface area contributed by atoms with Gasteiger partial charge in [-0.3, -0.25) is 4.79 Å². The van der Waals surface area contributed by atoms with Gasteiger partial charge in [0.25, 0.3) is 0 Å². The number of nitrogens with two attached hydrogens (primary N) is 1. The third kappa shape index (κ3) is 4.73. The lowest BCUT2D eigenvalue weighted by Crippen LogP contribution is -2.15. The van der Waals surface area contributed by atoms with Gasteiger partial charge in [0.1, 0.15) is 0 Å². The van der Waals surface area contributed by atoms with Crippen LogP contribution in [0, 0.1) is 0 Å². The van der Waals surface area contributed by atoms with Gasteiger partial charge in [-0.2, -0.15) is 0 Å². The molecule has 1 amide bonds. The molecule has 5 nitrogen and oxygen atoms in total. The number of nitrogens with one attached hydrogen (secondary N) is 1. The van der Waals surface area contributed by atoms with E-state index in [2.05, 4.69) is 21.2 Å². The standard InChI is InChI=1S/C9H11BrN2O3S/c10-5-9(13)12-8-3-1-7(2-4-8)6-16(11,14)15/h1-4H,5-6H2,(H,12,13)(H2,11,14,15). The van der Waals surface area contributed by atoms with Gasteiger partial charge in [-0.1, -0.05) is 28.1 Å². The van der Waals surface area contributed by atoms with Gasteiger partial charge in [-0.05, 0) is 17.7 Å². The fraction of sp³-hybridized carbons (Fsp3) is 0.222. The fourth-order valence-electron chi connectivity index (χ4n) is 1.11. The monoisotopic (exact) mass is 306 g/mol. The van der Waals surface area contributed by atoms with Crippen LogP contribution in [0.4, 0.5) is 5.69 Å². The predicted octanol–water partition coefficient (Wildman–Crippen LogP) is 0.808. The second-order valence-corrected chi connectivity index (χ2v) is 5.36. The Bertz CT molecular complexity index is 470. The lowest BCUT2D eigenvalue weighted by Gasteiger charge is -2.04. The molecular weight excluding hydrogens is 296 g/mol. The summed E-state index contributed by atoms with van der Waals surface area (Å²) in [6, 6.07) is 6.46. The number of benzene rings is 1. The molecule has 1 rings (SSSR count). The number of primary sulfonamides is 1. The van der Waals surface area contributed by atoms with E-state index in [-0.39, 0.29) is 17.0 Å². The Labute approximate surface area is 102 Å². The summed E-state index contributed by atoms with van der Waals surface area (Å²) >= 11 is 3.02. The molecule has 1 aromatic carbocycles. The third-order valence-electron chi connectivity index (χ3n) is 1.73. The van der Waals surface area contributed by atoms with Crippen molar-refractivity contribution in [3.05, 3.63) is 29.8 Å². The molecule has 0 radical (unpaired) electrons. The van der Waals surface area contributed by atoms with Crippen molar-refractivity contribution in [1.82, 2.24) is 0 Å². The smallest absolute Gasteiger partial charge is 0.235 e. The number of halogens is 1. The van der Waals surface area contributed by atoms with Gasteiger partial charge < -0.3 is 5.32 Å². The average molecular weight is 307 g/mol. The summed E-state index contributed by atoms with van der Waals surface area (Å²) in [7, 11) is -3.51. The van der Waals surface area contributed by atoms with Gasteiger partial charge >= 0.3 is 0 Å². The van der Waals surface area contributed by atoms with E-state index in [1.165, 1.54) is 0 Å². The Morgan fingerprint density at radius 1 is 1.31 bits per heavy atom. The van der Waals surface area contributed by atoms with Gasteiger partial charge in [0.15, 0.2) is 0 Å². The third-order valence-corrected chi connectivity index (χ3v) is 2.97. The SMILES string of the molecule is NS(=O)(=O)Cc1ccc(NC(=O)CBr)cc1. The Hall–Kier alpha value is -0.920. The Balaban J connectivity index is 2.72. The van der Waals surface area contributed by atoms with E-state index in [0.717, 1.165) is 0 Å². The minimum absolute atomic E-state index is 0.167. The quantitative estimate of drug-likeness (QED) is 0.807. The van der Waals surface area contributed by atoms with Crippen LogP contribution in [-0.2, 0) is 20.6 Å². The maximum Gasteiger partial charge on any atom is 0.235 e. The largest absolute Gasteiger partial charge is 0.325 e. The van der Waals surface area contributed by atoms with Crippen LogP contribution in [-0.4, -0.2) is 19.7 Å². The molecule has 7 heteroatoms. The molecular formula is C9H11BrN2O3S. The molecule has 0 spiro atoms. The van der Waals surface area contributed by atoms with E-state index in [1.54, 1.807) is 24.3 Å². The molecule has 3 N–H and O–H groups in total. The number of carbonyl (C=O) groups is 1. The maximum absolute atomic E-state index is 11.0. The van der Waals surface area contributed by atoms with Gasteiger partial charge in [0.05, 0.1) is 11.1 Å². The molecule has 0 bridgehead atoms. The summed E-state index contributed by atoms with van der Waals surface area (Å²) in [6.07, 6.45) is 0. The zero-order valence-corrected chi connectivity index (χ0v) is 10.7. The first kappa shape index (κ1) is 13.1. The second-order valence-electron chi connectivity index (χ2n) is 3.19. The number of anilines is 1. The predicted molar refractivity (Wildman–Crippen MR) is 65.7 cm³/mol. The lowest BCUT2D eigenvalue weighted by atomic mass is 10.2. The first-order chi connectivity index (χ1) is 7.40. The van der Waals surface area contributed by atoms with E-state index < -0.39 is 10.0 Å². The number of alkyl halides is 1. The molecule has 0 atom stereocenters. The van der Waals surface area contributed by atoms with Gasteiger partial charge in [0.2, 0.25) is 15.9 Å². The lowest BCUT2D eigenvalue weighted by molar-refractivity contribution is -0.113. The van der Waals surface area contributed by atoms with Gasteiger partial charge in [-0.25, -0.2) is 13.6 Å². The molecule has 0 aromatic heterocycles. The molecule has 0 saturated heterocycles. The molecule has 88 valence electrons. The van der Waals surface area contributed by atoms with Crippen LogP contribution in [0.2, 0.25) is 0 Å². The molecule has 0 heterocycles. The number of hydrogen-bond acceptors (Lipinski definition) is 3. The zero-order chi connectivity index (χ0) is 12.2. The molecule has 0 aliphatic heterocycles. The highest BCUT2D eigenvalue weighted by atomic mass is 79.9. The van der Waals surface area contributed by atoms with Crippen molar-refractivity contribution in [1.29, 1.82) is 0 Å². The summed E-state index contributed by atoms with van der Waals surface area (Å²) < 4.78 is 21.6. The van der Waals surface area contributed by atoms with E-state index >= 15 is 0 Å². The zero-order valence-electron chi connectivity index (χ0n) is 8.31. The van der Waals surface area contributed by atoms with E-state index in [9.17, 15) is 13.2 Å². The molecule has 0 saturated carbocycles. The number of hydrogen-bond donors (Lipinski definition) is 2. The Kier molecular flexibility index (Phi) is 4.45. The topological polar surface area (TPSA) is 89.3 Å². The first-order valence-electron chi connectivity index (χ1n) is 4.36. The van der Waals surface area contributed by atoms with Gasteiger partial charge in [-0.15, -0.1) is 0 Å². The van der Waals surface area contributed by atoms with Crippen molar-refractivity contribution in [2.45, 2.75) is 5.75 Å². The number of sulfonamides is 1. The summed E-state index contributed by atoms with van der Waals surface area (Å²) in [5, 5.41) is 7.73. The van der Waals surface area contributed by atoms with Crippen molar-refractivity contribution < 1.29 is 13.2 Å². The van der Waals surface area contributed by atoms with Crippen LogP contribution < -0.4 is 10.5 Å². The van der Waals surface area contributed by atoms with E-state index in [1.807, 2.05) is 0 Å². The van der Waals surface area contributed by atoms with Crippen molar-refractivity contribution in [3.8, 4) is 0 Å². The maximum atomic E-state index is 11.0. The summed E-state index contributed by atoms with van der Waals surface area (Å²) in [5.74, 6) is -0.376. The normalized spacial score (nSPS) is 11.1. The van der Waals surface area contributed by atoms with Crippen LogP contribution in [0.5, 0.6) is 0 Å². The molecule has 1 aromatic rings. The average Bonchev–Trinajstić information content (AvgIpc) is 2.18. The summed E-state index contributed by atoms with van der Waals surface area (Å²) in [4.78, 5) is 11.0. The minimum atomic E-state index is -3.51. The van der Waals surface area contributed by atoms with Crippen LogP contribution in [0.1, 0.15) is 5.56 Å². The number of rotatable bonds is 4. The van der Waals surface area contributed by atoms with E-state index in [4.69, 9.17) is 5.14 Å². The van der Waals surface area contributed by atoms with Crippen LogP contribution in [0.3, 0.4) is 0 Å².